The van der Waals surface area contributed by atoms with Crippen molar-refractivity contribution in [1.82, 2.24) is 9.97 Å². The van der Waals surface area contributed by atoms with Gasteiger partial charge in [-0.05, 0) is 37.3 Å². The van der Waals surface area contributed by atoms with Gasteiger partial charge in [0, 0.05) is 6.20 Å². The van der Waals surface area contributed by atoms with Crippen molar-refractivity contribution in [2.24, 2.45) is 0 Å². The molecule has 3 aromatic rings. The highest BCUT2D eigenvalue weighted by atomic mass is 16.5. The third-order valence-electron chi connectivity index (χ3n) is 3.68. The smallest absolute Gasteiger partial charge is 0.339 e. The topological polar surface area (TPSA) is 85.4 Å². The number of ether oxygens (including phenoxy) is 2. The molecule has 1 heterocycles. The molecule has 138 valence electrons. The molecule has 2 N–H and O–H groups in total. The zero-order valence-corrected chi connectivity index (χ0v) is 15.1. The summed E-state index contributed by atoms with van der Waals surface area (Å²) in [5.74, 6) is 1.25. The predicted molar refractivity (Wildman–Crippen MR) is 104 cm³/mol. The number of esters is 1. The fourth-order valence-corrected chi connectivity index (χ4v) is 2.48. The highest BCUT2D eigenvalue weighted by molar-refractivity contribution is 5.96. The lowest BCUT2D eigenvalue weighted by Gasteiger charge is -2.13. The van der Waals surface area contributed by atoms with Crippen molar-refractivity contribution < 1.29 is 14.3 Å². The summed E-state index contributed by atoms with van der Waals surface area (Å²) in [5.41, 5.74) is 1.78. The molecule has 0 fully saturated rings. The Bertz CT molecular complexity index is 930. The molecule has 7 nitrogen and oxygen atoms in total. The molecule has 27 heavy (non-hydrogen) atoms. The first kappa shape index (κ1) is 18.2. The van der Waals surface area contributed by atoms with Crippen LogP contribution >= 0.6 is 0 Å². The second kappa shape index (κ2) is 8.66. The summed E-state index contributed by atoms with van der Waals surface area (Å²) < 4.78 is 10.4. The number of nitrogens with zero attached hydrogens (tertiary/aromatic N) is 2. The van der Waals surface area contributed by atoms with Crippen molar-refractivity contribution >= 4 is 29.1 Å². The quantitative estimate of drug-likeness (QED) is 0.609. The summed E-state index contributed by atoms with van der Waals surface area (Å²) in [7, 11) is 1.34. The van der Waals surface area contributed by atoms with E-state index in [-0.39, 0.29) is 0 Å². The first-order chi connectivity index (χ1) is 13.2. The SMILES string of the molecule is CCOc1ccccc1Nc1ccnc(Nc2ccccc2C(=O)OC)n1. The van der Waals surface area contributed by atoms with Crippen molar-refractivity contribution in [2.45, 2.75) is 6.92 Å². The fraction of sp³-hybridized carbons (Fsp3) is 0.150. The van der Waals surface area contributed by atoms with Crippen LogP contribution in [0.4, 0.5) is 23.1 Å². The Labute approximate surface area is 157 Å². The normalized spacial score (nSPS) is 10.1. The largest absolute Gasteiger partial charge is 0.492 e. The lowest BCUT2D eigenvalue weighted by molar-refractivity contribution is 0.0602. The van der Waals surface area contributed by atoms with E-state index in [9.17, 15) is 4.79 Å². The second-order valence-electron chi connectivity index (χ2n) is 5.48. The molecule has 0 saturated heterocycles. The van der Waals surface area contributed by atoms with Crippen LogP contribution in [0.25, 0.3) is 0 Å². The number of rotatable bonds is 7. The molecular formula is C20H20N4O3. The number of hydrogen-bond acceptors (Lipinski definition) is 7. The number of hydrogen-bond donors (Lipinski definition) is 2. The van der Waals surface area contributed by atoms with Gasteiger partial charge in [0.15, 0.2) is 0 Å². The molecule has 0 saturated carbocycles. The fourth-order valence-electron chi connectivity index (χ4n) is 2.48. The molecule has 0 radical (unpaired) electrons. The van der Waals surface area contributed by atoms with Crippen LogP contribution in [0.5, 0.6) is 5.75 Å². The van der Waals surface area contributed by atoms with Gasteiger partial charge in [-0.15, -0.1) is 0 Å². The Kier molecular flexibility index (Phi) is 5.84. The number of methoxy groups -OCH3 is 1. The zero-order valence-electron chi connectivity index (χ0n) is 15.1. The summed E-state index contributed by atoms with van der Waals surface area (Å²) in [6.45, 7) is 2.50. The highest BCUT2D eigenvalue weighted by Gasteiger charge is 2.12. The van der Waals surface area contributed by atoms with Crippen molar-refractivity contribution in [1.29, 1.82) is 0 Å². The number of anilines is 4. The summed E-state index contributed by atoms with van der Waals surface area (Å²) in [5, 5.41) is 6.28. The molecular weight excluding hydrogens is 344 g/mol. The van der Waals surface area contributed by atoms with E-state index in [1.165, 1.54) is 7.11 Å². The number of carbonyl (C=O) groups is 1. The Morgan fingerprint density at radius 3 is 2.52 bits per heavy atom. The van der Waals surface area contributed by atoms with Crippen LogP contribution < -0.4 is 15.4 Å². The molecule has 0 spiro atoms. The summed E-state index contributed by atoms with van der Waals surface area (Å²) >= 11 is 0. The van der Waals surface area contributed by atoms with Gasteiger partial charge in [0.05, 0.1) is 30.7 Å². The maximum absolute atomic E-state index is 11.9. The van der Waals surface area contributed by atoms with Gasteiger partial charge < -0.3 is 20.1 Å². The molecule has 0 aliphatic heterocycles. The van der Waals surface area contributed by atoms with Crippen LogP contribution in [-0.2, 0) is 4.74 Å². The van der Waals surface area contributed by atoms with E-state index < -0.39 is 5.97 Å². The molecule has 2 aromatic carbocycles. The Hall–Kier alpha value is -3.61. The maximum Gasteiger partial charge on any atom is 0.339 e. The zero-order chi connectivity index (χ0) is 19.1. The van der Waals surface area contributed by atoms with Gasteiger partial charge in [0.25, 0.3) is 0 Å². The molecule has 0 atom stereocenters. The Morgan fingerprint density at radius 1 is 1.00 bits per heavy atom. The molecule has 1 aromatic heterocycles. The standard InChI is InChI=1S/C20H20N4O3/c1-3-27-17-11-7-6-10-16(17)22-18-12-13-21-20(24-18)23-15-9-5-4-8-14(15)19(25)26-2/h4-13H,3H2,1-2H3,(H2,21,22,23,24). The molecule has 0 bridgehead atoms. The van der Waals surface area contributed by atoms with E-state index in [1.54, 1.807) is 30.5 Å². The first-order valence-corrected chi connectivity index (χ1v) is 8.47. The average Bonchev–Trinajstić information content (AvgIpc) is 2.70. The second-order valence-corrected chi connectivity index (χ2v) is 5.48. The molecule has 3 rings (SSSR count). The molecule has 0 aliphatic carbocycles. The average molecular weight is 364 g/mol. The van der Waals surface area contributed by atoms with Crippen LogP contribution in [0.3, 0.4) is 0 Å². The van der Waals surface area contributed by atoms with Crippen molar-refractivity contribution in [2.75, 3.05) is 24.4 Å². The van der Waals surface area contributed by atoms with Gasteiger partial charge >= 0.3 is 5.97 Å². The van der Waals surface area contributed by atoms with Gasteiger partial charge in [-0.1, -0.05) is 24.3 Å². The van der Waals surface area contributed by atoms with Crippen LogP contribution in [-0.4, -0.2) is 29.7 Å². The van der Waals surface area contributed by atoms with E-state index >= 15 is 0 Å². The van der Waals surface area contributed by atoms with E-state index in [1.807, 2.05) is 37.3 Å². The lowest BCUT2D eigenvalue weighted by Crippen LogP contribution is -2.07. The number of para-hydroxylation sites is 3. The summed E-state index contributed by atoms with van der Waals surface area (Å²) in [6, 6.07) is 16.4. The molecule has 7 heteroatoms. The highest BCUT2D eigenvalue weighted by Crippen LogP contribution is 2.27. The van der Waals surface area contributed by atoms with Gasteiger partial charge in [-0.3, -0.25) is 0 Å². The van der Waals surface area contributed by atoms with Crippen LogP contribution in [0.1, 0.15) is 17.3 Å². The molecule has 0 amide bonds. The van der Waals surface area contributed by atoms with Crippen LogP contribution in [0, 0.1) is 0 Å². The van der Waals surface area contributed by atoms with Gasteiger partial charge in [0.2, 0.25) is 5.95 Å². The van der Waals surface area contributed by atoms with E-state index in [0.717, 1.165) is 11.4 Å². The Balaban J connectivity index is 1.82. The third-order valence-corrected chi connectivity index (χ3v) is 3.68. The maximum atomic E-state index is 11.9. The van der Waals surface area contributed by atoms with Crippen molar-refractivity contribution in [3.63, 3.8) is 0 Å². The minimum Gasteiger partial charge on any atom is -0.492 e. The van der Waals surface area contributed by atoms with Crippen molar-refractivity contribution in [3.05, 3.63) is 66.4 Å². The van der Waals surface area contributed by atoms with Gasteiger partial charge in [0.1, 0.15) is 11.6 Å². The number of benzene rings is 2. The molecule has 0 aliphatic rings. The first-order valence-electron chi connectivity index (χ1n) is 8.47. The van der Waals surface area contributed by atoms with Gasteiger partial charge in [-0.25, -0.2) is 9.78 Å². The number of nitrogens with one attached hydrogen (secondary N) is 2. The molecule has 0 unspecified atom stereocenters. The minimum absolute atomic E-state index is 0.352. The summed E-state index contributed by atoms with van der Waals surface area (Å²) in [6.07, 6.45) is 1.63. The number of aromatic nitrogens is 2. The minimum atomic E-state index is -0.432. The van der Waals surface area contributed by atoms with E-state index in [4.69, 9.17) is 9.47 Å². The lowest BCUT2D eigenvalue weighted by atomic mass is 10.2. The predicted octanol–water partition coefficient (Wildman–Crippen LogP) is 4.15. The Morgan fingerprint density at radius 2 is 1.74 bits per heavy atom. The third kappa shape index (κ3) is 4.52. The monoisotopic (exact) mass is 364 g/mol. The van der Waals surface area contributed by atoms with E-state index in [2.05, 4.69) is 20.6 Å². The van der Waals surface area contributed by atoms with Crippen LogP contribution in [0.2, 0.25) is 0 Å². The van der Waals surface area contributed by atoms with E-state index in [0.29, 0.717) is 29.6 Å². The summed E-state index contributed by atoms with van der Waals surface area (Å²) in [4.78, 5) is 20.6. The van der Waals surface area contributed by atoms with Crippen molar-refractivity contribution in [3.8, 4) is 5.75 Å². The van der Waals surface area contributed by atoms with Crippen LogP contribution in [0.15, 0.2) is 60.8 Å². The number of carbonyl (C=O) groups excluding carboxylic acids is 1. The van der Waals surface area contributed by atoms with Gasteiger partial charge in [-0.2, -0.15) is 4.98 Å².